The smallest absolute Gasteiger partial charge is 0.185 e. The van der Waals surface area contributed by atoms with Crippen LogP contribution in [-0.4, -0.2) is 12.4 Å². The highest BCUT2D eigenvalue weighted by atomic mass is 79.9. The number of halogens is 1. The Hall–Kier alpha value is -2.38. The second-order valence-electron chi connectivity index (χ2n) is 4.89. The predicted octanol–water partition coefficient (Wildman–Crippen LogP) is 5.03. The van der Waals surface area contributed by atoms with Gasteiger partial charge in [0.1, 0.15) is 5.75 Å². The fourth-order valence-electron chi connectivity index (χ4n) is 1.96. The van der Waals surface area contributed by atoms with Crippen molar-refractivity contribution in [2.45, 2.75) is 12.8 Å². The van der Waals surface area contributed by atoms with E-state index in [9.17, 15) is 4.79 Å². The third-order valence-corrected chi connectivity index (χ3v) is 3.59. The summed E-state index contributed by atoms with van der Waals surface area (Å²) in [5, 5.41) is 8.49. The van der Waals surface area contributed by atoms with Crippen molar-refractivity contribution < 1.29 is 9.53 Å². The van der Waals surface area contributed by atoms with Crippen molar-refractivity contribution in [2.24, 2.45) is 0 Å². The van der Waals surface area contributed by atoms with Gasteiger partial charge in [-0.2, -0.15) is 5.26 Å². The molecule has 2 rings (SSSR count). The van der Waals surface area contributed by atoms with Gasteiger partial charge in [-0.25, -0.2) is 0 Å². The predicted molar refractivity (Wildman–Crippen MR) is 94.3 cm³/mol. The Morgan fingerprint density at radius 3 is 2.83 bits per heavy atom. The van der Waals surface area contributed by atoms with E-state index in [-0.39, 0.29) is 5.78 Å². The molecular formula is C19H16BrNO2. The lowest BCUT2D eigenvalue weighted by atomic mass is 10.1. The molecule has 0 heterocycles. The number of nitriles is 1. The molecule has 0 aliphatic rings. The summed E-state index contributed by atoms with van der Waals surface area (Å²) in [4.78, 5) is 12.1. The third kappa shape index (κ3) is 5.72. The van der Waals surface area contributed by atoms with Gasteiger partial charge in [-0.15, -0.1) is 0 Å². The highest BCUT2D eigenvalue weighted by molar-refractivity contribution is 9.10. The zero-order valence-corrected chi connectivity index (χ0v) is 14.1. The Kier molecular flexibility index (Phi) is 6.58. The highest BCUT2D eigenvalue weighted by Gasteiger charge is 2.02. The number of carbonyl (C=O) groups is 1. The first-order valence-electron chi connectivity index (χ1n) is 7.27. The molecule has 0 spiro atoms. The molecule has 2 aromatic rings. The molecule has 0 amide bonds. The first-order valence-corrected chi connectivity index (χ1v) is 8.06. The lowest BCUT2D eigenvalue weighted by Crippen LogP contribution is -1.96. The van der Waals surface area contributed by atoms with Gasteiger partial charge in [-0.05, 0) is 42.3 Å². The van der Waals surface area contributed by atoms with Crippen LogP contribution in [0.25, 0.3) is 6.08 Å². The van der Waals surface area contributed by atoms with E-state index in [4.69, 9.17) is 10.00 Å². The quantitative estimate of drug-likeness (QED) is 0.390. The fourth-order valence-corrected chi connectivity index (χ4v) is 2.36. The third-order valence-electron chi connectivity index (χ3n) is 3.10. The zero-order valence-electron chi connectivity index (χ0n) is 12.5. The number of carbonyl (C=O) groups excluding carboxylic acids is 1. The Labute approximate surface area is 144 Å². The van der Waals surface area contributed by atoms with Gasteiger partial charge in [0.05, 0.1) is 12.7 Å². The van der Waals surface area contributed by atoms with Gasteiger partial charge in [-0.1, -0.05) is 46.3 Å². The summed E-state index contributed by atoms with van der Waals surface area (Å²) in [7, 11) is 0. The van der Waals surface area contributed by atoms with Crippen LogP contribution in [0.5, 0.6) is 5.75 Å². The minimum Gasteiger partial charge on any atom is -0.494 e. The first kappa shape index (κ1) is 17.0. The largest absolute Gasteiger partial charge is 0.494 e. The van der Waals surface area contributed by atoms with Crippen molar-refractivity contribution in [2.75, 3.05) is 6.61 Å². The van der Waals surface area contributed by atoms with Crippen molar-refractivity contribution in [3.05, 3.63) is 70.2 Å². The Morgan fingerprint density at radius 1 is 1.22 bits per heavy atom. The summed E-state index contributed by atoms with van der Waals surface area (Å²) in [6.45, 7) is 0.512. The van der Waals surface area contributed by atoms with Crippen LogP contribution < -0.4 is 4.74 Å². The number of allylic oxidation sites excluding steroid dienone is 1. The van der Waals surface area contributed by atoms with E-state index in [1.807, 2.05) is 36.4 Å². The summed E-state index contributed by atoms with van der Waals surface area (Å²) in [5.74, 6) is 0.687. The molecule has 0 bridgehead atoms. The number of hydrogen-bond donors (Lipinski definition) is 0. The molecule has 0 unspecified atom stereocenters. The number of unbranched alkanes of at least 4 members (excludes halogenated alkanes) is 1. The molecule has 23 heavy (non-hydrogen) atoms. The minimum atomic E-state index is -0.0494. The SMILES string of the molecule is N#CCCCOc1cccc(/C=C/C(=O)c2cccc(Br)c2)c1. The van der Waals surface area contributed by atoms with E-state index < -0.39 is 0 Å². The number of rotatable bonds is 7. The monoisotopic (exact) mass is 369 g/mol. The molecule has 0 radical (unpaired) electrons. The Morgan fingerprint density at radius 2 is 2.04 bits per heavy atom. The summed E-state index contributed by atoms with van der Waals surface area (Å²) in [5.41, 5.74) is 1.53. The second-order valence-corrected chi connectivity index (χ2v) is 5.81. The van der Waals surface area contributed by atoms with E-state index >= 15 is 0 Å². The molecular weight excluding hydrogens is 354 g/mol. The maximum atomic E-state index is 12.1. The molecule has 0 N–H and O–H groups in total. The molecule has 0 aliphatic carbocycles. The molecule has 2 aromatic carbocycles. The summed E-state index contributed by atoms with van der Waals surface area (Å²) >= 11 is 3.36. The van der Waals surface area contributed by atoms with Gasteiger partial charge < -0.3 is 4.74 Å². The van der Waals surface area contributed by atoms with Gasteiger partial charge in [0.25, 0.3) is 0 Å². The van der Waals surface area contributed by atoms with Gasteiger partial charge >= 0.3 is 0 Å². The highest BCUT2D eigenvalue weighted by Crippen LogP contribution is 2.16. The normalized spacial score (nSPS) is 10.4. The minimum absolute atomic E-state index is 0.0494. The molecule has 4 heteroatoms. The molecule has 0 fully saturated rings. The molecule has 0 atom stereocenters. The number of nitrogens with zero attached hydrogens (tertiary/aromatic N) is 1. The zero-order chi connectivity index (χ0) is 16.5. The van der Waals surface area contributed by atoms with Crippen molar-refractivity contribution in [3.8, 4) is 11.8 Å². The number of ketones is 1. The standard InChI is InChI=1S/C19H16BrNO2/c20-17-7-4-6-16(14-17)19(22)10-9-15-5-3-8-18(13-15)23-12-2-1-11-21/h3-10,13-14H,1-2,12H2/b10-9+. The Balaban J connectivity index is 1.99. The summed E-state index contributed by atoms with van der Waals surface area (Å²) in [6.07, 6.45) is 4.51. The van der Waals surface area contributed by atoms with Crippen LogP contribution >= 0.6 is 15.9 Å². The van der Waals surface area contributed by atoms with E-state index in [1.54, 1.807) is 24.3 Å². The maximum absolute atomic E-state index is 12.1. The van der Waals surface area contributed by atoms with Crippen molar-refractivity contribution in [1.29, 1.82) is 5.26 Å². The van der Waals surface area contributed by atoms with Crippen LogP contribution in [0.15, 0.2) is 59.1 Å². The van der Waals surface area contributed by atoms with E-state index in [2.05, 4.69) is 22.0 Å². The van der Waals surface area contributed by atoms with Crippen molar-refractivity contribution in [1.82, 2.24) is 0 Å². The lowest BCUT2D eigenvalue weighted by Gasteiger charge is -2.05. The molecule has 0 saturated heterocycles. The van der Waals surface area contributed by atoms with Crippen molar-refractivity contribution >= 4 is 27.8 Å². The van der Waals surface area contributed by atoms with Crippen LogP contribution in [0.3, 0.4) is 0 Å². The van der Waals surface area contributed by atoms with E-state index in [1.165, 1.54) is 0 Å². The van der Waals surface area contributed by atoms with Crippen LogP contribution in [0.1, 0.15) is 28.8 Å². The fraction of sp³-hybridized carbons (Fsp3) is 0.158. The maximum Gasteiger partial charge on any atom is 0.185 e. The van der Waals surface area contributed by atoms with Crippen molar-refractivity contribution in [3.63, 3.8) is 0 Å². The van der Waals surface area contributed by atoms with Gasteiger partial charge in [0, 0.05) is 16.5 Å². The molecule has 0 aromatic heterocycles. The van der Waals surface area contributed by atoms with E-state index in [0.29, 0.717) is 25.0 Å². The second kappa shape index (κ2) is 8.92. The van der Waals surface area contributed by atoms with E-state index in [0.717, 1.165) is 15.8 Å². The van der Waals surface area contributed by atoms with Crippen LogP contribution in [0.4, 0.5) is 0 Å². The van der Waals surface area contributed by atoms with Gasteiger partial charge in [0.15, 0.2) is 5.78 Å². The molecule has 0 saturated carbocycles. The van der Waals surface area contributed by atoms with Gasteiger partial charge in [0.2, 0.25) is 0 Å². The van der Waals surface area contributed by atoms with Crippen LogP contribution in [0, 0.1) is 11.3 Å². The average molecular weight is 370 g/mol. The summed E-state index contributed by atoms with van der Waals surface area (Å²) < 4.78 is 6.46. The molecule has 116 valence electrons. The van der Waals surface area contributed by atoms with Crippen LogP contribution in [-0.2, 0) is 0 Å². The number of ether oxygens (including phenoxy) is 1. The Bertz CT molecular complexity index is 747. The molecule has 0 aliphatic heterocycles. The molecule has 3 nitrogen and oxygen atoms in total. The van der Waals surface area contributed by atoms with Crippen LogP contribution in [0.2, 0.25) is 0 Å². The first-order chi connectivity index (χ1) is 11.2. The topological polar surface area (TPSA) is 50.1 Å². The number of benzene rings is 2. The number of hydrogen-bond acceptors (Lipinski definition) is 3. The summed E-state index contributed by atoms with van der Waals surface area (Å²) in [6, 6.07) is 16.9. The van der Waals surface area contributed by atoms with Gasteiger partial charge in [-0.3, -0.25) is 4.79 Å². The average Bonchev–Trinajstić information content (AvgIpc) is 2.57. The lowest BCUT2D eigenvalue weighted by molar-refractivity contribution is 0.104.